The summed E-state index contributed by atoms with van der Waals surface area (Å²) in [5.41, 5.74) is 0.726. The quantitative estimate of drug-likeness (QED) is 0.722. The summed E-state index contributed by atoms with van der Waals surface area (Å²) in [5.74, 6) is -0.151. The summed E-state index contributed by atoms with van der Waals surface area (Å²) in [6.45, 7) is 10.5. The number of nitrogens with one attached hydrogen (secondary N) is 1. The first-order chi connectivity index (χ1) is 9.56. The second kappa shape index (κ2) is 9.48. The van der Waals surface area contributed by atoms with E-state index in [0.717, 1.165) is 36.1 Å². The van der Waals surface area contributed by atoms with E-state index in [4.69, 9.17) is 0 Å². The Kier molecular flexibility index (Phi) is 8.34. The third kappa shape index (κ3) is 6.33. The Balaban J connectivity index is 2.27. The summed E-state index contributed by atoms with van der Waals surface area (Å²) < 4.78 is 14.5. The van der Waals surface area contributed by atoms with Gasteiger partial charge in [-0.15, -0.1) is 0 Å². The third-order valence-corrected chi connectivity index (χ3v) is 4.16. The number of benzene rings is 1. The lowest BCUT2D eigenvalue weighted by molar-refractivity contribution is 0.290. The fourth-order valence-corrected chi connectivity index (χ4v) is 2.55. The first kappa shape index (κ1) is 17.6. The summed E-state index contributed by atoms with van der Waals surface area (Å²) in [4.78, 5) is 2.43. The third-order valence-electron chi connectivity index (χ3n) is 3.66. The van der Waals surface area contributed by atoms with Crippen molar-refractivity contribution in [3.8, 4) is 0 Å². The van der Waals surface area contributed by atoms with Crippen LogP contribution in [0.4, 0.5) is 4.39 Å². The van der Waals surface area contributed by atoms with Crippen LogP contribution < -0.4 is 5.32 Å². The van der Waals surface area contributed by atoms with Gasteiger partial charge in [0.1, 0.15) is 5.82 Å². The molecule has 1 atom stereocenters. The van der Waals surface area contributed by atoms with Crippen molar-refractivity contribution in [3.05, 3.63) is 34.1 Å². The number of rotatable bonds is 9. The monoisotopic (exact) mass is 344 g/mol. The molecule has 1 aromatic carbocycles. The second-order valence-electron chi connectivity index (χ2n) is 5.19. The van der Waals surface area contributed by atoms with Crippen molar-refractivity contribution in [2.24, 2.45) is 0 Å². The van der Waals surface area contributed by atoms with Crippen molar-refractivity contribution in [3.63, 3.8) is 0 Å². The van der Waals surface area contributed by atoms with Crippen LogP contribution in [0.25, 0.3) is 0 Å². The lowest BCUT2D eigenvalue weighted by Gasteiger charge is -2.20. The molecular formula is C16H26BrFN2. The topological polar surface area (TPSA) is 15.3 Å². The van der Waals surface area contributed by atoms with Gasteiger partial charge in [0.2, 0.25) is 0 Å². The van der Waals surface area contributed by atoms with Gasteiger partial charge in [0.05, 0.1) is 0 Å². The van der Waals surface area contributed by atoms with Crippen LogP contribution in [-0.4, -0.2) is 30.6 Å². The minimum Gasteiger partial charge on any atom is -0.310 e. The smallest absolute Gasteiger partial charge is 0.128 e. The molecule has 0 aliphatic carbocycles. The van der Waals surface area contributed by atoms with Crippen LogP contribution in [0.5, 0.6) is 0 Å². The van der Waals surface area contributed by atoms with E-state index < -0.39 is 0 Å². The highest BCUT2D eigenvalue weighted by molar-refractivity contribution is 9.10. The van der Waals surface area contributed by atoms with Crippen molar-refractivity contribution < 1.29 is 4.39 Å². The van der Waals surface area contributed by atoms with E-state index >= 15 is 0 Å². The Morgan fingerprint density at radius 2 is 2.00 bits per heavy atom. The molecule has 0 aromatic heterocycles. The molecule has 4 heteroatoms. The molecular weight excluding hydrogens is 319 g/mol. The average molecular weight is 345 g/mol. The van der Waals surface area contributed by atoms with E-state index in [1.54, 1.807) is 0 Å². The lowest BCUT2D eigenvalue weighted by atomic mass is 10.1. The van der Waals surface area contributed by atoms with Crippen LogP contribution >= 0.6 is 15.9 Å². The maximum atomic E-state index is 13.7. The van der Waals surface area contributed by atoms with Gasteiger partial charge in [0.25, 0.3) is 0 Å². The zero-order chi connectivity index (χ0) is 15.0. The Bertz CT molecular complexity index is 394. The number of halogens is 2. The summed E-state index contributed by atoms with van der Waals surface area (Å²) >= 11 is 3.27. The zero-order valence-electron chi connectivity index (χ0n) is 12.8. The molecule has 0 spiro atoms. The molecule has 2 nitrogen and oxygen atoms in total. The number of nitrogens with zero attached hydrogens (tertiary/aromatic N) is 1. The first-order valence-electron chi connectivity index (χ1n) is 7.46. The van der Waals surface area contributed by atoms with E-state index in [9.17, 15) is 4.39 Å². The maximum Gasteiger partial charge on any atom is 0.128 e. The molecule has 1 rings (SSSR count). The van der Waals surface area contributed by atoms with E-state index in [1.165, 1.54) is 12.5 Å². The fourth-order valence-electron chi connectivity index (χ4n) is 2.21. The Morgan fingerprint density at radius 3 is 2.60 bits per heavy atom. The molecule has 1 aromatic rings. The highest BCUT2D eigenvalue weighted by Crippen LogP contribution is 2.15. The van der Waals surface area contributed by atoms with Crippen LogP contribution in [0.2, 0.25) is 0 Å². The van der Waals surface area contributed by atoms with E-state index in [2.05, 4.69) is 46.9 Å². The molecule has 0 bridgehead atoms. The summed E-state index contributed by atoms with van der Waals surface area (Å²) in [5, 5.41) is 3.40. The highest BCUT2D eigenvalue weighted by atomic mass is 79.9. The zero-order valence-corrected chi connectivity index (χ0v) is 14.3. The Labute approximate surface area is 130 Å². The van der Waals surface area contributed by atoms with Gasteiger partial charge in [-0.2, -0.15) is 0 Å². The molecule has 1 unspecified atom stereocenters. The van der Waals surface area contributed by atoms with Crippen LogP contribution in [-0.2, 0) is 6.54 Å². The van der Waals surface area contributed by atoms with Crippen LogP contribution in [0.1, 0.15) is 39.2 Å². The Hall–Kier alpha value is -0.450. The molecule has 1 N–H and O–H groups in total. The molecule has 20 heavy (non-hydrogen) atoms. The second-order valence-corrected chi connectivity index (χ2v) is 6.10. The predicted molar refractivity (Wildman–Crippen MR) is 87.4 cm³/mol. The molecule has 0 aliphatic heterocycles. The van der Waals surface area contributed by atoms with Gasteiger partial charge < -0.3 is 10.2 Å². The van der Waals surface area contributed by atoms with Crippen LogP contribution in [0, 0.1) is 5.82 Å². The van der Waals surface area contributed by atoms with Crippen molar-refractivity contribution >= 4 is 15.9 Å². The molecule has 0 fully saturated rings. The van der Waals surface area contributed by atoms with Gasteiger partial charge in [-0.1, -0.05) is 35.8 Å². The first-order valence-corrected chi connectivity index (χ1v) is 8.25. The molecule has 0 saturated heterocycles. The van der Waals surface area contributed by atoms with Gasteiger partial charge in [-0.3, -0.25) is 0 Å². The lowest BCUT2D eigenvalue weighted by Crippen LogP contribution is -2.29. The van der Waals surface area contributed by atoms with Gasteiger partial charge in [0.15, 0.2) is 0 Å². The molecule has 0 amide bonds. The minimum atomic E-state index is -0.151. The predicted octanol–water partition coefficient (Wildman–Crippen LogP) is 4.19. The molecule has 0 saturated carbocycles. The van der Waals surface area contributed by atoms with E-state index in [-0.39, 0.29) is 5.82 Å². The standard InChI is InChI=1S/C16H26BrFN2/c1-4-20(5-2)10-6-7-13(3)19-12-14-8-9-15(17)11-16(14)18/h8-9,11,13,19H,4-7,10,12H2,1-3H3. The SMILES string of the molecule is CCN(CC)CCCC(C)NCc1ccc(Br)cc1F. The maximum absolute atomic E-state index is 13.7. The molecule has 114 valence electrons. The molecule has 0 heterocycles. The van der Waals surface area contributed by atoms with E-state index in [1.807, 2.05) is 12.1 Å². The van der Waals surface area contributed by atoms with Crippen molar-refractivity contribution in [1.82, 2.24) is 10.2 Å². The van der Waals surface area contributed by atoms with Crippen LogP contribution in [0.15, 0.2) is 22.7 Å². The highest BCUT2D eigenvalue weighted by Gasteiger charge is 2.06. The molecule has 0 radical (unpaired) electrons. The number of hydrogen-bond acceptors (Lipinski definition) is 2. The Morgan fingerprint density at radius 1 is 1.30 bits per heavy atom. The normalized spacial score (nSPS) is 12.9. The summed E-state index contributed by atoms with van der Waals surface area (Å²) in [6, 6.07) is 5.64. The summed E-state index contributed by atoms with van der Waals surface area (Å²) in [7, 11) is 0. The largest absolute Gasteiger partial charge is 0.310 e. The van der Waals surface area contributed by atoms with Gasteiger partial charge in [-0.25, -0.2) is 4.39 Å². The number of hydrogen-bond donors (Lipinski definition) is 1. The minimum absolute atomic E-state index is 0.151. The van der Waals surface area contributed by atoms with Crippen LogP contribution in [0.3, 0.4) is 0 Å². The summed E-state index contributed by atoms with van der Waals surface area (Å²) in [6.07, 6.45) is 2.30. The van der Waals surface area contributed by atoms with Crippen molar-refractivity contribution in [1.29, 1.82) is 0 Å². The molecule has 0 aliphatic rings. The van der Waals surface area contributed by atoms with Crippen molar-refractivity contribution in [2.45, 2.75) is 46.2 Å². The van der Waals surface area contributed by atoms with Crippen molar-refractivity contribution in [2.75, 3.05) is 19.6 Å². The van der Waals surface area contributed by atoms with Gasteiger partial charge >= 0.3 is 0 Å². The van der Waals surface area contributed by atoms with Gasteiger partial charge in [0, 0.05) is 22.6 Å². The fraction of sp³-hybridized carbons (Fsp3) is 0.625. The van der Waals surface area contributed by atoms with E-state index in [0.29, 0.717) is 12.6 Å². The average Bonchev–Trinajstić information content (AvgIpc) is 2.42. The van der Waals surface area contributed by atoms with Gasteiger partial charge in [-0.05, 0) is 51.5 Å².